The highest BCUT2D eigenvalue weighted by Gasteiger charge is 2.28. The van der Waals surface area contributed by atoms with Crippen LogP contribution in [-0.4, -0.2) is 35.0 Å². The first-order valence-corrected chi connectivity index (χ1v) is 9.69. The Labute approximate surface area is 160 Å². The molecule has 0 unspecified atom stereocenters. The Morgan fingerprint density at radius 2 is 2.07 bits per heavy atom. The molecule has 0 aliphatic carbocycles. The van der Waals surface area contributed by atoms with Crippen molar-refractivity contribution in [1.82, 2.24) is 15.3 Å². The second-order valence-corrected chi connectivity index (χ2v) is 7.73. The topological polar surface area (TPSA) is 81.9 Å². The molecular formula is C21H27N5O. The first-order chi connectivity index (χ1) is 13.0. The molecule has 3 atom stereocenters. The molecule has 1 fully saturated rings. The van der Waals surface area contributed by atoms with Crippen LogP contribution in [0.3, 0.4) is 0 Å². The number of nitrogens with zero attached hydrogens (tertiary/aromatic N) is 4. The van der Waals surface area contributed by atoms with Crippen molar-refractivity contribution in [2.75, 3.05) is 18.0 Å². The SMILES string of the molecule is CC[C@H](C)CC(=O)N[C@@H]1C[C@@H](C)CN(c2ccc(C#N)c3nccnc23)C1. The quantitative estimate of drug-likeness (QED) is 0.879. The van der Waals surface area contributed by atoms with Crippen molar-refractivity contribution < 1.29 is 4.79 Å². The van der Waals surface area contributed by atoms with E-state index in [2.05, 4.69) is 47.0 Å². The number of piperidine rings is 1. The van der Waals surface area contributed by atoms with Gasteiger partial charge < -0.3 is 10.2 Å². The second-order valence-electron chi connectivity index (χ2n) is 7.73. The number of benzene rings is 1. The van der Waals surface area contributed by atoms with Crippen LogP contribution in [0.4, 0.5) is 5.69 Å². The highest BCUT2D eigenvalue weighted by atomic mass is 16.1. The molecule has 1 N–H and O–H groups in total. The summed E-state index contributed by atoms with van der Waals surface area (Å²) in [6, 6.07) is 6.07. The van der Waals surface area contributed by atoms with E-state index in [0.29, 0.717) is 29.3 Å². The summed E-state index contributed by atoms with van der Waals surface area (Å²) in [4.78, 5) is 23.4. The number of fused-ring (bicyclic) bond motifs is 1. The molecule has 27 heavy (non-hydrogen) atoms. The van der Waals surface area contributed by atoms with Gasteiger partial charge in [-0.15, -0.1) is 0 Å². The molecule has 2 heterocycles. The van der Waals surface area contributed by atoms with Crippen LogP contribution in [0.25, 0.3) is 11.0 Å². The molecule has 1 amide bonds. The van der Waals surface area contributed by atoms with Gasteiger partial charge in [0.05, 0.1) is 11.3 Å². The second kappa shape index (κ2) is 8.34. The molecule has 0 radical (unpaired) electrons. The molecular weight excluding hydrogens is 338 g/mol. The van der Waals surface area contributed by atoms with Gasteiger partial charge in [-0.2, -0.15) is 5.26 Å². The number of hydrogen-bond donors (Lipinski definition) is 1. The average Bonchev–Trinajstić information content (AvgIpc) is 2.66. The third-order valence-electron chi connectivity index (χ3n) is 5.32. The van der Waals surface area contributed by atoms with Crippen molar-refractivity contribution in [3.05, 3.63) is 30.1 Å². The first kappa shape index (κ1) is 19.1. The fraction of sp³-hybridized carbons (Fsp3) is 0.524. The molecule has 1 aliphatic heterocycles. The first-order valence-electron chi connectivity index (χ1n) is 9.69. The summed E-state index contributed by atoms with van der Waals surface area (Å²) in [6.07, 6.45) is 5.83. The lowest BCUT2D eigenvalue weighted by molar-refractivity contribution is -0.122. The van der Waals surface area contributed by atoms with E-state index >= 15 is 0 Å². The molecule has 1 aliphatic rings. The van der Waals surface area contributed by atoms with Gasteiger partial charge in [-0.3, -0.25) is 14.8 Å². The normalized spacial score (nSPS) is 20.9. The molecule has 0 spiro atoms. The Kier molecular flexibility index (Phi) is 5.90. The minimum absolute atomic E-state index is 0.118. The number of hydrogen-bond acceptors (Lipinski definition) is 5. The van der Waals surface area contributed by atoms with Gasteiger partial charge in [-0.25, -0.2) is 0 Å². The number of carbonyl (C=O) groups excluding carboxylic acids is 1. The number of aromatic nitrogens is 2. The van der Waals surface area contributed by atoms with Gasteiger partial charge in [0.2, 0.25) is 5.91 Å². The minimum atomic E-state index is 0.118. The maximum Gasteiger partial charge on any atom is 0.220 e. The standard InChI is InChI=1S/C21H27N5O/c1-4-14(2)10-19(27)25-17-9-15(3)12-26(13-17)18-6-5-16(11-22)20-21(18)24-8-7-23-20/h5-8,14-15,17H,4,9-10,12-13H2,1-3H3,(H,25,27)/t14-,15+,17+/m0/s1. The van der Waals surface area contributed by atoms with E-state index in [0.717, 1.165) is 37.1 Å². The van der Waals surface area contributed by atoms with E-state index in [4.69, 9.17) is 0 Å². The third-order valence-corrected chi connectivity index (χ3v) is 5.32. The lowest BCUT2D eigenvalue weighted by atomic mass is 9.94. The third kappa shape index (κ3) is 4.36. The fourth-order valence-corrected chi connectivity index (χ4v) is 3.79. The van der Waals surface area contributed by atoms with Crippen LogP contribution in [0.15, 0.2) is 24.5 Å². The number of nitrogens with one attached hydrogen (secondary N) is 1. The Morgan fingerprint density at radius 3 is 2.78 bits per heavy atom. The van der Waals surface area contributed by atoms with E-state index in [9.17, 15) is 10.1 Å². The molecule has 0 bridgehead atoms. The van der Waals surface area contributed by atoms with Gasteiger partial charge >= 0.3 is 0 Å². The van der Waals surface area contributed by atoms with E-state index in [-0.39, 0.29) is 11.9 Å². The van der Waals surface area contributed by atoms with Gasteiger partial charge in [0.25, 0.3) is 0 Å². The monoisotopic (exact) mass is 365 g/mol. The van der Waals surface area contributed by atoms with E-state index in [1.54, 1.807) is 12.4 Å². The lowest BCUT2D eigenvalue weighted by Gasteiger charge is -2.38. The van der Waals surface area contributed by atoms with Crippen LogP contribution in [0, 0.1) is 23.2 Å². The summed E-state index contributed by atoms with van der Waals surface area (Å²) in [5.74, 6) is 0.989. The minimum Gasteiger partial charge on any atom is -0.367 e. The van der Waals surface area contributed by atoms with E-state index in [1.807, 2.05) is 12.1 Å². The smallest absolute Gasteiger partial charge is 0.220 e. The number of nitriles is 1. The van der Waals surface area contributed by atoms with Crippen LogP contribution in [0.1, 0.15) is 45.6 Å². The van der Waals surface area contributed by atoms with Gasteiger partial charge in [0, 0.05) is 37.9 Å². The Hall–Kier alpha value is -2.68. The Bertz CT molecular complexity index is 859. The summed E-state index contributed by atoms with van der Waals surface area (Å²) in [5, 5.41) is 12.5. The van der Waals surface area contributed by atoms with Crippen molar-refractivity contribution in [2.24, 2.45) is 11.8 Å². The summed E-state index contributed by atoms with van der Waals surface area (Å²) in [6.45, 7) is 8.07. The molecule has 2 aromatic rings. The number of carbonyl (C=O) groups is 1. The molecule has 0 saturated carbocycles. The summed E-state index contributed by atoms with van der Waals surface area (Å²) >= 11 is 0. The average molecular weight is 365 g/mol. The zero-order valence-electron chi connectivity index (χ0n) is 16.3. The summed E-state index contributed by atoms with van der Waals surface area (Å²) < 4.78 is 0. The zero-order chi connectivity index (χ0) is 19.4. The van der Waals surface area contributed by atoms with E-state index < -0.39 is 0 Å². The predicted octanol–water partition coefficient (Wildman–Crippen LogP) is 3.27. The highest BCUT2D eigenvalue weighted by Crippen LogP contribution is 2.30. The summed E-state index contributed by atoms with van der Waals surface area (Å²) in [5.41, 5.74) is 2.89. The van der Waals surface area contributed by atoms with Crippen molar-refractivity contribution in [2.45, 2.75) is 46.1 Å². The largest absolute Gasteiger partial charge is 0.367 e. The van der Waals surface area contributed by atoms with Crippen LogP contribution in [-0.2, 0) is 4.79 Å². The maximum absolute atomic E-state index is 12.3. The number of amides is 1. The number of anilines is 1. The van der Waals surface area contributed by atoms with E-state index in [1.165, 1.54) is 0 Å². The predicted molar refractivity (Wildman–Crippen MR) is 106 cm³/mol. The van der Waals surface area contributed by atoms with Crippen LogP contribution >= 0.6 is 0 Å². The zero-order valence-corrected chi connectivity index (χ0v) is 16.3. The van der Waals surface area contributed by atoms with Crippen molar-refractivity contribution in [3.63, 3.8) is 0 Å². The fourth-order valence-electron chi connectivity index (χ4n) is 3.79. The molecule has 1 aromatic heterocycles. The molecule has 6 heteroatoms. The lowest BCUT2D eigenvalue weighted by Crippen LogP contribution is -2.50. The summed E-state index contributed by atoms with van der Waals surface area (Å²) in [7, 11) is 0. The molecule has 6 nitrogen and oxygen atoms in total. The van der Waals surface area contributed by atoms with Gasteiger partial charge in [-0.05, 0) is 30.4 Å². The van der Waals surface area contributed by atoms with Crippen LogP contribution in [0.2, 0.25) is 0 Å². The van der Waals surface area contributed by atoms with Crippen molar-refractivity contribution >= 4 is 22.6 Å². The molecule has 142 valence electrons. The number of rotatable bonds is 5. The molecule has 1 saturated heterocycles. The Morgan fingerprint density at radius 1 is 1.33 bits per heavy atom. The van der Waals surface area contributed by atoms with Crippen LogP contribution < -0.4 is 10.2 Å². The van der Waals surface area contributed by atoms with Gasteiger partial charge in [0.1, 0.15) is 17.1 Å². The van der Waals surface area contributed by atoms with Gasteiger partial charge in [0.15, 0.2) is 0 Å². The Balaban J connectivity index is 1.82. The van der Waals surface area contributed by atoms with Crippen LogP contribution in [0.5, 0.6) is 0 Å². The molecule has 1 aromatic carbocycles. The maximum atomic E-state index is 12.3. The highest BCUT2D eigenvalue weighted by molar-refractivity contribution is 5.92. The molecule has 3 rings (SSSR count). The van der Waals surface area contributed by atoms with Gasteiger partial charge in [-0.1, -0.05) is 27.2 Å². The van der Waals surface area contributed by atoms with Crippen molar-refractivity contribution in [3.8, 4) is 6.07 Å². The van der Waals surface area contributed by atoms with Crippen molar-refractivity contribution in [1.29, 1.82) is 5.26 Å².